The molecular formula is C19H24F3N5O3. The molecule has 0 atom stereocenters. The lowest BCUT2D eigenvalue weighted by Gasteiger charge is -2.57. The van der Waals surface area contributed by atoms with E-state index >= 15 is 0 Å². The molecule has 0 radical (unpaired) electrons. The third-order valence-corrected chi connectivity index (χ3v) is 6.96. The van der Waals surface area contributed by atoms with Crippen LogP contribution in [0.25, 0.3) is 0 Å². The Kier molecular flexibility index (Phi) is 4.32. The zero-order valence-corrected chi connectivity index (χ0v) is 16.5. The molecule has 0 aliphatic carbocycles. The molecule has 5 heterocycles. The monoisotopic (exact) mass is 427 g/mol. The second kappa shape index (κ2) is 6.60. The smallest absolute Gasteiger partial charge is 0.351 e. The summed E-state index contributed by atoms with van der Waals surface area (Å²) in [4.78, 5) is 29.8. The molecule has 3 amide bonds. The first-order valence-electron chi connectivity index (χ1n) is 10.3. The molecule has 1 aromatic rings. The second-order valence-electron chi connectivity index (χ2n) is 9.28. The summed E-state index contributed by atoms with van der Waals surface area (Å²) in [6.45, 7) is 4.47. The molecule has 1 aromatic heterocycles. The number of piperidine rings is 1. The van der Waals surface area contributed by atoms with Crippen LogP contribution in [0.5, 0.6) is 0 Å². The maximum absolute atomic E-state index is 12.7. The van der Waals surface area contributed by atoms with Crippen LogP contribution in [0.15, 0.2) is 10.6 Å². The van der Waals surface area contributed by atoms with Gasteiger partial charge in [-0.1, -0.05) is 5.16 Å². The van der Waals surface area contributed by atoms with E-state index in [-0.39, 0.29) is 28.6 Å². The SMILES string of the molecule is O=C1CCC2(CN(C(=O)N3CC4(CCN(Cc5cc(C(F)(F)F)on5)CC4)C3)C2)N1. The van der Waals surface area contributed by atoms with E-state index < -0.39 is 11.9 Å². The minimum atomic E-state index is -4.52. The maximum atomic E-state index is 12.7. The number of halogens is 3. The summed E-state index contributed by atoms with van der Waals surface area (Å²) in [6, 6.07) is 0.998. The van der Waals surface area contributed by atoms with Crippen molar-refractivity contribution in [1.82, 2.24) is 25.2 Å². The van der Waals surface area contributed by atoms with Crippen LogP contribution < -0.4 is 5.32 Å². The van der Waals surface area contributed by atoms with Gasteiger partial charge in [-0.15, -0.1) is 0 Å². The first-order valence-corrected chi connectivity index (χ1v) is 10.3. The predicted octanol–water partition coefficient (Wildman–Crippen LogP) is 1.68. The van der Waals surface area contributed by atoms with Crippen LogP contribution in [0.3, 0.4) is 0 Å². The first kappa shape index (κ1) is 19.7. The number of hydrogen-bond acceptors (Lipinski definition) is 5. The lowest BCUT2D eigenvalue weighted by atomic mass is 9.72. The van der Waals surface area contributed by atoms with Crippen molar-refractivity contribution in [1.29, 1.82) is 0 Å². The molecule has 164 valence electrons. The Morgan fingerprint density at radius 1 is 1.13 bits per heavy atom. The number of amides is 3. The standard InChI is InChI=1S/C19H24F3N5O3/c20-19(21,22)14-7-13(24-30-14)8-25-5-3-17(4-6-25)9-26(10-17)16(29)27-11-18(12-27)2-1-15(28)23-18/h7H,1-6,8-12H2,(H,23,28). The highest BCUT2D eigenvalue weighted by molar-refractivity contribution is 5.82. The van der Waals surface area contributed by atoms with Crippen molar-refractivity contribution in [3.63, 3.8) is 0 Å². The summed E-state index contributed by atoms with van der Waals surface area (Å²) < 4.78 is 42.3. The quantitative estimate of drug-likeness (QED) is 0.777. The van der Waals surface area contributed by atoms with Gasteiger partial charge in [0.2, 0.25) is 11.7 Å². The molecule has 4 saturated heterocycles. The third-order valence-electron chi connectivity index (χ3n) is 6.96. The number of likely N-dealkylation sites (tertiary alicyclic amines) is 3. The molecule has 0 aromatic carbocycles. The molecule has 0 saturated carbocycles. The summed E-state index contributed by atoms with van der Waals surface area (Å²) in [5, 5.41) is 6.52. The van der Waals surface area contributed by atoms with Crippen LogP contribution >= 0.6 is 0 Å². The van der Waals surface area contributed by atoms with Crippen LogP contribution in [-0.2, 0) is 17.5 Å². The number of nitrogens with one attached hydrogen (secondary N) is 1. The highest BCUT2D eigenvalue weighted by atomic mass is 19.4. The summed E-state index contributed by atoms with van der Waals surface area (Å²) in [5.41, 5.74) is 0.194. The molecule has 0 bridgehead atoms. The van der Waals surface area contributed by atoms with Crippen molar-refractivity contribution in [3.8, 4) is 0 Å². The molecule has 30 heavy (non-hydrogen) atoms. The van der Waals surface area contributed by atoms with Gasteiger partial charge in [-0.05, 0) is 32.4 Å². The summed E-state index contributed by atoms with van der Waals surface area (Å²) >= 11 is 0. The molecule has 4 aliphatic heterocycles. The van der Waals surface area contributed by atoms with Crippen molar-refractivity contribution in [2.24, 2.45) is 5.41 Å². The molecule has 1 N–H and O–H groups in total. The van der Waals surface area contributed by atoms with Gasteiger partial charge in [-0.2, -0.15) is 13.2 Å². The van der Waals surface area contributed by atoms with Gasteiger partial charge in [-0.3, -0.25) is 9.69 Å². The highest BCUT2D eigenvalue weighted by Crippen LogP contribution is 2.42. The van der Waals surface area contributed by atoms with Crippen LogP contribution in [-0.4, -0.2) is 76.6 Å². The van der Waals surface area contributed by atoms with E-state index in [2.05, 4.69) is 19.9 Å². The first-order chi connectivity index (χ1) is 14.2. The van der Waals surface area contributed by atoms with E-state index in [9.17, 15) is 22.8 Å². The Hall–Kier alpha value is -2.30. The van der Waals surface area contributed by atoms with E-state index in [0.29, 0.717) is 26.1 Å². The number of rotatable bonds is 2. The predicted molar refractivity (Wildman–Crippen MR) is 97.1 cm³/mol. The molecule has 2 spiro atoms. The van der Waals surface area contributed by atoms with Gasteiger partial charge in [-0.25, -0.2) is 4.79 Å². The van der Waals surface area contributed by atoms with Crippen molar-refractivity contribution >= 4 is 11.9 Å². The largest absolute Gasteiger partial charge is 0.452 e. The topological polar surface area (TPSA) is 81.9 Å². The van der Waals surface area contributed by atoms with Gasteiger partial charge in [0.1, 0.15) is 0 Å². The van der Waals surface area contributed by atoms with Crippen molar-refractivity contribution in [2.45, 2.75) is 43.9 Å². The molecule has 11 heteroatoms. The van der Waals surface area contributed by atoms with Gasteiger partial charge in [0.05, 0.1) is 11.2 Å². The molecule has 0 unspecified atom stereocenters. The second-order valence-corrected chi connectivity index (χ2v) is 9.28. The normalized spacial score (nSPS) is 25.4. The van der Waals surface area contributed by atoms with Crippen molar-refractivity contribution in [3.05, 3.63) is 17.5 Å². The van der Waals surface area contributed by atoms with E-state index in [1.54, 1.807) is 4.90 Å². The number of nitrogens with zero attached hydrogens (tertiary/aromatic N) is 4. The van der Waals surface area contributed by atoms with E-state index in [1.807, 2.05) is 4.90 Å². The minimum absolute atomic E-state index is 0.0390. The third kappa shape index (κ3) is 3.42. The number of urea groups is 1. The van der Waals surface area contributed by atoms with Crippen molar-refractivity contribution in [2.75, 3.05) is 39.3 Å². The van der Waals surface area contributed by atoms with E-state index in [1.165, 1.54) is 0 Å². The van der Waals surface area contributed by atoms with Crippen LogP contribution in [0.2, 0.25) is 0 Å². The number of carbonyl (C=O) groups is 2. The average molecular weight is 427 g/mol. The Morgan fingerprint density at radius 3 is 2.37 bits per heavy atom. The van der Waals surface area contributed by atoms with Crippen LogP contribution in [0, 0.1) is 5.41 Å². The summed E-state index contributed by atoms with van der Waals surface area (Å²) in [7, 11) is 0. The lowest BCUT2D eigenvalue weighted by Crippen LogP contribution is -2.73. The number of hydrogen-bond donors (Lipinski definition) is 1. The molecule has 5 rings (SSSR count). The zero-order chi connectivity index (χ0) is 21.1. The number of carbonyl (C=O) groups excluding carboxylic acids is 2. The fourth-order valence-corrected chi connectivity index (χ4v) is 5.18. The van der Waals surface area contributed by atoms with Crippen LogP contribution in [0.1, 0.15) is 37.1 Å². The van der Waals surface area contributed by atoms with Gasteiger partial charge >= 0.3 is 12.2 Å². The summed E-state index contributed by atoms with van der Waals surface area (Å²) in [6.07, 6.45) is -1.37. The Balaban J connectivity index is 1.07. The molecule has 4 aliphatic rings. The molecule has 8 nitrogen and oxygen atoms in total. The Morgan fingerprint density at radius 2 is 1.80 bits per heavy atom. The maximum Gasteiger partial charge on any atom is 0.452 e. The fourth-order valence-electron chi connectivity index (χ4n) is 5.18. The van der Waals surface area contributed by atoms with Crippen molar-refractivity contribution < 1.29 is 27.3 Å². The molecule has 4 fully saturated rings. The van der Waals surface area contributed by atoms with E-state index in [4.69, 9.17) is 0 Å². The fraction of sp³-hybridized carbons (Fsp3) is 0.737. The molecular weight excluding hydrogens is 403 g/mol. The summed E-state index contributed by atoms with van der Waals surface area (Å²) in [5.74, 6) is -0.999. The minimum Gasteiger partial charge on any atom is -0.351 e. The van der Waals surface area contributed by atoms with Crippen LogP contribution in [0.4, 0.5) is 18.0 Å². The van der Waals surface area contributed by atoms with Gasteiger partial charge in [0.25, 0.3) is 0 Å². The number of aromatic nitrogens is 1. The van der Waals surface area contributed by atoms with E-state index in [0.717, 1.165) is 51.5 Å². The lowest BCUT2D eigenvalue weighted by molar-refractivity contribution is -0.155. The van der Waals surface area contributed by atoms with Gasteiger partial charge < -0.3 is 19.6 Å². The highest BCUT2D eigenvalue weighted by Gasteiger charge is 2.53. The van der Waals surface area contributed by atoms with Gasteiger partial charge in [0.15, 0.2) is 0 Å². The zero-order valence-electron chi connectivity index (χ0n) is 16.5. The Labute approximate surface area is 171 Å². The number of alkyl halides is 3. The average Bonchev–Trinajstić information content (AvgIpc) is 3.25. The Bertz CT molecular complexity index is 848. The van der Waals surface area contributed by atoms with Gasteiger partial charge in [0, 0.05) is 50.6 Å².